The van der Waals surface area contributed by atoms with Crippen LogP contribution in [0, 0.1) is 0 Å². The van der Waals surface area contributed by atoms with E-state index in [0.29, 0.717) is 5.75 Å². The van der Waals surface area contributed by atoms with Crippen molar-refractivity contribution < 1.29 is 4.79 Å². The fraction of sp³-hybridized carbons (Fsp3) is 0.120. The van der Waals surface area contributed by atoms with Crippen LogP contribution < -0.4 is 5.32 Å². The van der Waals surface area contributed by atoms with Crippen LogP contribution in [0.1, 0.15) is 22.7 Å². The molecule has 30 heavy (non-hydrogen) atoms. The van der Waals surface area contributed by atoms with Crippen molar-refractivity contribution in [3.63, 3.8) is 0 Å². The molecule has 0 aliphatic rings. The molecule has 0 spiro atoms. The van der Waals surface area contributed by atoms with Crippen molar-refractivity contribution in [1.29, 1.82) is 0 Å². The summed E-state index contributed by atoms with van der Waals surface area (Å²) < 4.78 is 1.83. The van der Waals surface area contributed by atoms with Crippen molar-refractivity contribution in [3.8, 4) is 5.69 Å². The van der Waals surface area contributed by atoms with Gasteiger partial charge in [-0.2, -0.15) is 5.10 Å². The van der Waals surface area contributed by atoms with Crippen LogP contribution in [0.3, 0.4) is 0 Å². The minimum absolute atomic E-state index is 0.0332. The summed E-state index contributed by atoms with van der Waals surface area (Å²) in [5, 5.41) is 7.43. The van der Waals surface area contributed by atoms with E-state index in [2.05, 4.69) is 22.5 Å². The number of carbonyl (C=O) groups excluding carboxylic acids is 1. The Kier molecular flexibility index (Phi) is 6.62. The molecular formula is C25H23N3OS. The lowest BCUT2D eigenvalue weighted by molar-refractivity contribution is -0.119. The molecule has 0 aliphatic heterocycles. The average molecular weight is 414 g/mol. The number of rotatable bonds is 8. The van der Waals surface area contributed by atoms with E-state index in [1.807, 2.05) is 89.7 Å². The first-order valence-electron chi connectivity index (χ1n) is 9.85. The molecule has 0 atom stereocenters. The molecule has 5 heteroatoms. The van der Waals surface area contributed by atoms with Gasteiger partial charge in [0.05, 0.1) is 17.5 Å². The molecule has 4 nitrogen and oxygen atoms in total. The van der Waals surface area contributed by atoms with Gasteiger partial charge >= 0.3 is 0 Å². The van der Waals surface area contributed by atoms with E-state index in [-0.39, 0.29) is 11.9 Å². The summed E-state index contributed by atoms with van der Waals surface area (Å²) in [7, 11) is 0. The third-order valence-electron chi connectivity index (χ3n) is 4.78. The Morgan fingerprint density at radius 2 is 1.50 bits per heavy atom. The Morgan fingerprint density at radius 1 is 0.867 bits per heavy atom. The molecule has 4 rings (SSSR count). The van der Waals surface area contributed by atoms with E-state index < -0.39 is 0 Å². The van der Waals surface area contributed by atoms with Gasteiger partial charge in [0.1, 0.15) is 0 Å². The van der Waals surface area contributed by atoms with E-state index in [4.69, 9.17) is 0 Å². The molecule has 1 aromatic heterocycles. The van der Waals surface area contributed by atoms with Gasteiger partial charge in [0, 0.05) is 18.1 Å². The molecule has 0 fully saturated rings. The number of carbonyl (C=O) groups is 1. The average Bonchev–Trinajstić information content (AvgIpc) is 3.34. The summed E-state index contributed by atoms with van der Waals surface area (Å²) in [5.41, 5.74) is 4.37. The molecule has 4 aromatic rings. The maximum atomic E-state index is 12.7. The van der Waals surface area contributed by atoms with Gasteiger partial charge in [0.25, 0.3) is 0 Å². The van der Waals surface area contributed by atoms with Gasteiger partial charge in [-0.05, 0) is 34.9 Å². The Balaban J connectivity index is 1.34. The second kappa shape index (κ2) is 9.94. The zero-order valence-corrected chi connectivity index (χ0v) is 17.3. The van der Waals surface area contributed by atoms with Gasteiger partial charge in [-0.1, -0.05) is 72.8 Å². The zero-order valence-electron chi connectivity index (χ0n) is 16.5. The van der Waals surface area contributed by atoms with Crippen LogP contribution in [0.25, 0.3) is 5.69 Å². The predicted octanol–water partition coefficient (Wildman–Crippen LogP) is 5.01. The second-order valence-corrected chi connectivity index (χ2v) is 7.92. The van der Waals surface area contributed by atoms with E-state index in [9.17, 15) is 4.79 Å². The van der Waals surface area contributed by atoms with Crippen LogP contribution in [0.2, 0.25) is 0 Å². The van der Waals surface area contributed by atoms with Crippen molar-refractivity contribution in [2.45, 2.75) is 11.8 Å². The van der Waals surface area contributed by atoms with Crippen LogP contribution in [0.15, 0.2) is 103 Å². The molecule has 0 aliphatic carbocycles. The summed E-state index contributed by atoms with van der Waals surface area (Å²) in [6.45, 7) is 0. The summed E-state index contributed by atoms with van der Waals surface area (Å²) in [5.74, 6) is 1.23. The molecule has 0 saturated heterocycles. The number of amides is 1. The quantitative estimate of drug-likeness (QED) is 0.442. The largest absolute Gasteiger partial charge is 0.344 e. The smallest absolute Gasteiger partial charge is 0.230 e. The third-order valence-corrected chi connectivity index (χ3v) is 5.78. The normalized spacial score (nSPS) is 10.8. The van der Waals surface area contributed by atoms with Crippen LogP contribution in [0.4, 0.5) is 0 Å². The van der Waals surface area contributed by atoms with E-state index in [1.54, 1.807) is 18.0 Å². The zero-order chi connectivity index (χ0) is 20.6. The number of nitrogens with zero attached hydrogens (tertiary/aromatic N) is 2. The Bertz CT molecular complexity index is 1010. The number of hydrogen-bond donors (Lipinski definition) is 1. The van der Waals surface area contributed by atoms with Crippen LogP contribution in [0.5, 0.6) is 0 Å². The number of nitrogens with one attached hydrogen (secondary N) is 1. The number of thioether (sulfide) groups is 1. The summed E-state index contributed by atoms with van der Waals surface area (Å²) >= 11 is 1.62. The molecule has 3 aromatic carbocycles. The number of hydrogen-bond acceptors (Lipinski definition) is 3. The Hall–Kier alpha value is -3.31. The van der Waals surface area contributed by atoms with Crippen molar-refractivity contribution in [2.75, 3.05) is 5.75 Å². The SMILES string of the molecule is O=C(CSCc1ccc(-n2cccn2)cc1)NC(c1ccccc1)c1ccccc1. The molecule has 0 radical (unpaired) electrons. The van der Waals surface area contributed by atoms with Crippen molar-refractivity contribution >= 4 is 17.7 Å². The van der Waals surface area contributed by atoms with Gasteiger partial charge < -0.3 is 5.32 Å². The lowest BCUT2D eigenvalue weighted by atomic mass is 9.99. The van der Waals surface area contributed by atoms with E-state index >= 15 is 0 Å². The number of benzene rings is 3. The second-order valence-electron chi connectivity index (χ2n) is 6.93. The fourth-order valence-corrected chi connectivity index (χ4v) is 4.08. The predicted molar refractivity (Wildman–Crippen MR) is 123 cm³/mol. The van der Waals surface area contributed by atoms with E-state index in [0.717, 1.165) is 22.6 Å². The highest BCUT2D eigenvalue weighted by Gasteiger charge is 2.16. The third kappa shape index (κ3) is 5.19. The molecule has 1 amide bonds. The van der Waals surface area contributed by atoms with Crippen molar-refractivity contribution in [2.24, 2.45) is 0 Å². The molecule has 0 bridgehead atoms. The van der Waals surface area contributed by atoms with Crippen molar-refractivity contribution in [1.82, 2.24) is 15.1 Å². The van der Waals surface area contributed by atoms with E-state index in [1.165, 1.54) is 5.56 Å². The Labute approximate surface area is 181 Å². The Morgan fingerprint density at radius 3 is 2.07 bits per heavy atom. The summed E-state index contributed by atoms with van der Waals surface area (Å²) in [6.07, 6.45) is 3.69. The lowest BCUT2D eigenvalue weighted by Crippen LogP contribution is -2.30. The minimum atomic E-state index is -0.145. The standard InChI is InChI=1S/C25H23N3OS/c29-24(19-30-18-20-12-14-23(15-13-20)28-17-7-16-26-28)27-25(21-8-3-1-4-9-21)22-10-5-2-6-11-22/h1-17,25H,18-19H2,(H,27,29). The molecular weight excluding hydrogens is 390 g/mol. The maximum Gasteiger partial charge on any atom is 0.230 e. The molecule has 1 heterocycles. The fourth-order valence-electron chi connectivity index (χ4n) is 3.28. The maximum absolute atomic E-state index is 12.7. The lowest BCUT2D eigenvalue weighted by Gasteiger charge is -2.20. The summed E-state index contributed by atoms with van der Waals surface area (Å²) in [4.78, 5) is 12.7. The first-order valence-corrected chi connectivity index (χ1v) is 11.0. The molecule has 150 valence electrons. The minimum Gasteiger partial charge on any atom is -0.344 e. The van der Waals surface area contributed by atoms with Gasteiger partial charge in [-0.3, -0.25) is 4.79 Å². The topological polar surface area (TPSA) is 46.9 Å². The van der Waals surface area contributed by atoms with Gasteiger partial charge in [-0.15, -0.1) is 11.8 Å². The highest BCUT2D eigenvalue weighted by molar-refractivity contribution is 7.99. The van der Waals surface area contributed by atoms with Gasteiger partial charge in [-0.25, -0.2) is 4.68 Å². The van der Waals surface area contributed by atoms with Crippen LogP contribution >= 0.6 is 11.8 Å². The highest BCUT2D eigenvalue weighted by atomic mass is 32.2. The van der Waals surface area contributed by atoms with Gasteiger partial charge in [0.15, 0.2) is 0 Å². The van der Waals surface area contributed by atoms with Crippen LogP contribution in [-0.2, 0) is 10.5 Å². The summed E-state index contributed by atoms with van der Waals surface area (Å²) in [6, 6.07) is 30.2. The molecule has 1 N–H and O–H groups in total. The molecule has 0 saturated carbocycles. The monoisotopic (exact) mass is 413 g/mol. The number of aromatic nitrogens is 2. The first-order chi connectivity index (χ1) is 14.8. The van der Waals surface area contributed by atoms with Gasteiger partial charge in [0.2, 0.25) is 5.91 Å². The van der Waals surface area contributed by atoms with Crippen LogP contribution in [-0.4, -0.2) is 21.4 Å². The van der Waals surface area contributed by atoms with Crippen molar-refractivity contribution in [3.05, 3.63) is 120 Å². The first kappa shape index (κ1) is 20.0. The highest BCUT2D eigenvalue weighted by Crippen LogP contribution is 2.22. The molecule has 0 unspecified atom stereocenters.